The number of halogens is 2. The Morgan fingerprint density at radius 3 is 2.61 bits per heavy atom. The molecule has 0 aromatic rings. The van der Waals surface area contributed by atoms with Crippen molar-refractivity contribution < 1.29 is 51.0 Å². The van der Waals surface area contributed by atoms with Gasteiger partial charge in [0.2, 0.25) is 0 Å². The predicted octanol–water partition coefficient (Wildman–Crippen LogP) is -1.75. The predicted molar refractivity (Wildman–Crippen MR) is 90.9 cm³/mol. The summed E-state index contributed by atoms with van der Waals surface area (Å²) in [5, 5.41) is 0. The van der Waals surface area contributed by atoms with Gasteiger partial charge >= 0.3 is 26.2 Å². The average molecular weight is 442 g/mol. The summed E-state index contributed by atoms with van der Waals surface area (Å²) < 4.78 is 0. The summed E-state index contributed by atoms with van der Waals surface area (Å²) in [5.74, 6) is 0.413. The quantitative estimate of drug-likeness (QED) is 0.459. The molecule has 0 radical (unpaired) electrons. The minimum absolute atomic E-state index is 0. The van der Waals surface area contributed by atoms with Crippen LogP contribution in [0, 0.1) is 5.92 Å². The van der Waals surface area contributed by atoms with Crippen LogP contribution < -0.4 is 24.8 Å². The van der Waals surface area contributed by atoms with Gasteiger partial charge in [-0.2, -0.15) is 0 Å². The zero-order chi connectivity index (χ0) is 14.1. The summed E-state index contributed by atoms with van der Waals surface area (Å²) in [7, 11) is -0.419. The van der Waals surface area contributed by atoms with Crippen LogP contribution in [0.15, 0.2) is 63.9 Å². The summed E-state index contributed by atoms with van der Waals surface area (Å²) in [6.07, 6.45) is 15.9. The van der Waals surface area contributed by atoms with E-state index in [1.165, 1.54) is 35.3 Å². The molecule has 1 nitrogen and oxygen atoms in total. The maximum Gasteiger partial charge on any atom is 2.00 e. The molecular weight excluding hydrogens is 420 g/mol. The molecule has 3 rings (SSSR count). The van der Waals surface area contributed by atoms with E-state index in [0.29, 0.717) is 5.92 Å². The summed E-state index contributed by atoms with van der Waals surface area (Å²) in [6, 6.07) is 0. The minimum atomic E-state index is -0.419. The smallest absolute Gasteiger partial charge is 1.00 e. The molecule has 1 aliphatic heterocycles. The van der Waals surface area contributed by atoms with Gasteiger partial charge in [0.1, 0.15) is 0 Å². The number of fused-ring (bicyclic) bond motifs is 1. The SMILES string of the molecule is CCCC1=CC(C2=C3C=CC=C3N=C2C=[Si](C)C)C=C1.[Cl-].[Cl-].[Zr+2]. The van der Waals surface area contributed by atoms with Crippen LogP contribution in [0.5, 0.6) is 0 Å². The first kappa shape index (κ1) is 22.9. The van der Waals surface area contributed by atoms with Gasteiger partial charge in [-0.25, -0.2) is 4.99 Å². The fraction of sp³-hybridized carbons (Fsp3) is 0.333. The van der Waals surface area contributed by atoms with E-state index >= 15 is 0 Å². The molecule has 1 unspecified atom stereocenters. The number of allylic oxidation sites excluding steroid dienone is 8. The Bertz CT molecular complexity index is 663. The van der Waals surface area contributed by atoms with E-state index in [2.05, 4.69) is 62.1 Å². The van der Waals surface area contributed by atoms with Gasteiger partial charge < -0.3 is 24.8 Å². The average Bonchev–Trinajstić information content (AvgIpc) is 3.04. The number of hydrogen-bond acceptors (Lipinski definition) is 1. The molecule has 0 aromatic carbocycles. The molecule has 120 valence electrons. The Morgan fingerprint density at radius 2 is 1.96 bits per heavy atom. The van der Waals surface area contributed by atoms with E-state index in [1.54, 1.807) is 0 Å². The van der Waals surface area contributed by atoms with Crippen molar-refractivity contribution in [2.75, 3.05) is 0 Å². The van der Waals surface area contributed by atoms with E-state index in [-0.39, 0.29) is 51.0 Å². The summed E-state index contributed by atoms with van der Waals surface area (Å²) >= 11 is 0. The third-order valence-corrected chi connectivity index (χ3v) is 4.66. The van der Waals surface area contributed by atoms with Gasteiger partial charge in [-0.15, -0.1) is 0 Å². The van der Waals surface area contributed by atoms with Crippen LogP contribution in [0.4, 0.5) is 0 Å². The molecule has 0 spiro atoms. The Balaban J connectivity index is 0.00000161. The second-order valence-corrected chi connectivity index (χ2v) is 8.28. The van der Waals surface area contributed by atoms with Gasteiger partial charge in [-0.05, 0) is 18.1 Å². The van der Waals surface area contributed by atoms with E-state index < -0.39 is 8.41 Å². The van der Waals surface area contributed by atoms with Crippen molar-refractivity contribution in [3.8, 4) is 0 Å². The maximum atomic E-state index is 4.84. The molecule has 0 bridgehead atoms. The molecule has 2 aliphatic carbocycles. The van der Waals surface area contributed by atoms with Crippen molar-refractivity contribution in [3.63, 3.8) is 0 Å². The molecule has 23 heavy (non-hydrogen) atoms. The molecule has 1 heterocycles. The van der Waals surface area contributed by atoms with Crippen molar-refractivity contribution in [3.05, 3.63) is 58.9 Å². The fourth-order valence-corrected chi connectivity index (χ4v) is 3.77. The maximum absolute atomic E-state index is 4.84. The van der Waals surface area contributed by atoms with E-state index in [1.807, 2.05) is 0 Å². The van der Waals surface area contributed by atoms with Crippen molar-refractivity contribution >= 4 is 19.8 Å². The van der Waals surface area contributed by atoms with Crippen LogP contribution in [0.3, 0.4) is 0 Å². The molecule has 0 aromatic heterocycles. The van der Waals surface area contributed by atoms with Crippen molar-refractivity contribution in [1.82, 2.24) is 0 Å². The topological polar surface area (TPSA) is 12.4 Å². The fourth-order valence-electron chi connectivity index (χ4n) is 3.00. The van der Waals surface area contributed by atoms with Crippen molar-refractivity contribution in [1.29, 1.82) is 0 Å². The molecule has 0 N–H and O–H groups in total. The molecular formula is C18H21Cl2NSiZr. The molecule has 0 saturated carbocycles. The third kappa shape index (κ3) is 4.95. The molecule has 0 fully saturated rings. The van der Waals surface area contributed by atoms with Crippen LogP contribution in [-0.2, 0) is 26.2 Å². The van der Waals surface area contributed by atoms with Crippen LogP contribution in [0.2, 0.25) is 13.1 Å². The van der Waals surface area contributed by atoms with Crippen LogP contribution >= 0.6 is 0 Å². The van der Waals surface area contributed by atoms with Crippen LogP contribution in [0.1, 0.15) is 19.8 Å². The number of nitrogens with zero attached hydrogens (tertiary/aromatic N) is 1. The third-order valence-electron chi connectivity index (χ3n) is 3.81. The van der Waals surface area contributed by atoms with Crippen LogP contribution in [0.25, 0.3) is 0 Å². The summed E-state index contributed by atoms with van der Waals surface area (Å²) in [5.41, 5.74) is 8.99. The van der Waals surface area contributed by atoms with Gasteiger partial charge in [0, 0.05) is 19.9 Å². The van der Waals surface area contributed by atoms with Gasteiger partial charge in [-0.1, -0.05) is 68.1 Å². The zero-order valence-corrected chi connectivity index (χ0v) is 18.7. The van der Waals surface area contributed by atoms with Crippen molar-refractivity contribution in [2.24, 2.45) is 10.9 Å². The number of rotatable bonds is 4. The standard InChI is InChI=1S/C18H21NSi.2ClH.Zr/c1-4-6-13-9-10-14(11-13)18-15-7-5-8-16(15)19-17(18)12-20(2)3;;;/h5,7-12,14H,4,6H2,1-3H3;2*1H;/q;;;+2/p-2. The van der Waals surface area contributed by atoms with Gasteiger partial charge in [0.05, 0.1) is 11.4 Å². The van der Waals surface area contributed by atoms with Gasteiger partial charge in [0.15, 0.2) is 0 Å². The van der Waals surface area contributed by atoms with E-state index in [4.69, 9.17) is 4.99 Å². The number of hydrogen-bond donors (Lipinski definition) is 0. The molecule has 1 atom stereocenters. The Labute approximate surface area is 172 Å². The molecule has 0 saturated heterocycles. The zero-order valence-electron chi connectivity index (χ0n) is 13.7. The van der Waals surface area contributed by atoms with Gasteiger partial charge in [-0.3, -0.25) is 0 Å². The second-order valence-electron chi connectivity index (χ2n) is 5.83. The summed E-state index contributed by atoms with van der Waals surface area (Å²) in [6.45, 7) is 6.87. The normalized spacial score (nSPS) is 20.0. The molecule has 0 amide bonds. The minimum Gasteiger partial charge on any atom is -1.00 e. The van der Waals surface area contributed by atoms with E-state index in [0.717, 1.165) is 5.70 Å². The Morgan fingerprint density at radius 1 is 1.22 bits per heavy atom. The Kier molecular flexibility index (Phi) is 10.00. The largest absolute Gasteiger partial charge is 2.00 e. The van der Waals surface area contributed by atoms with Crippen LogP contribution in [-0.4, -0.2) is 19.8 Å². The first-order valence-electron chi connectivity index (χ1n) is 7.45. The Hall–Kier alpha value is -0.0800. The monoisotopic (exact) mass is 439 g/mol. The second kappa shape index (κ2) is 10.0. The molecule has 3 aliphatic rings. The summed E-state index contributed by atoms with van der Waals surface area (Å²) in [4.78, 5) is 4.84. The first-order valence-corrected chi connectivity index (χ1v) is 10.0. The van der Waals surface area contributed by atoms with Gasteiger partial charge in [0.25, 0.3) is 0 Å². The van der Waals surface area contributed by atoms with E-state index in [9.17, 15) is 0 Å². The molecule has 5 heteroatoms. The first-order chi connectivity index (χ1) is 9.69. The van der Waals surface area contributed by atoms with Crippen molar-refractivity contribution in [2.45, 2.75) is 32.9 Å². The number of aliphatic imine (C=N–C) groups is 1.